The number of hydrogen-bond donors (Lipinski definition) is 0. The highest BCUT2D eigenvalue weighted by Crippen LogP contribution is 2.37. The molecule has 0 radical (unpaired) electrons. The molecule has 0 aliphatic heterocycles. The zero-order chi connectivity index (χ0) is 30.7. The van der Waals surface area contributed by atoms with Crippen LogP contribution in [0.2, 0.25) is 0 Å². The molecule has 0 spiro atoms. The van der Waals surface area contributed by atoms with Gasteiger partial charge in [0, 0.05) is 18.8 Å². The summed E-state index contributed by atoms with van der Waals surface area (Å²) in [4.78, 5) is 9.53. The van der Waals surface area contributed by atoms with E-state index in [9.17, 15) is 0 Å². The van der Waals surface area contributed by atoms with E-state index in [1.807, 2.05) is 0 Å². The first-order valence-corrected chi connectivity index (χ1v) is 18.4. The van der Waals surface area contributed by atoms with Gasteiger partial charge in [-0.15, -0.1) is 0 Å². The van der Waals surface area contributed by atoms with Crippen LogP contribution in [-0.4, -0.2) is 16.6 Å². The number of aromatic nitrogens is 2. The SMILES string of the molecule is CCCCCCCCC1CCC(c2cnc(CCCCc3ccc(-c4ccc(OCCCCCCC)cc4)cc3)nc2)CC1. The molecule has 0 N–H and O–H groups in total. The molecule has 240 valence electrons. The topological polar surface area (TPSA) is 35.0 Å². The zero-order valence-corrected chi connectivity index (χ0v) is 28.1. The maximum atomic E-state index is 5.93. The second-order valence-electron chi connectivity index (χ2n) is 13.4. The molecular weight excluding hydrogens is 536 g/mol. The lowest BCUT2D eigenvalue weighted by Crippen LogP contribution is -2.14. The first-order valence-electron chi connectivity index (χ1n) is 18.4. The fourth-order valence-electron chi connectivity index (χ4n) is 6.82. The Morgan fingerprint density at radius 1 is 0.591 bits per heavy atom. The van der Waals surface area contributed by atoms with E-state index in [1.165, 1.54) is 119 Å². The molecule has 2 aromatic carbocycles. The molecule has 44 heavy (non-hydrogen) atoms. The molecule has 0 amide bonds. The van der Waals surface area contributed by atoms with Gasteiger partial charge in [-0.2, -0.15) is 0 Å². The maximum Gasteiger partial charge on any atom is 0.128 e. The Balaban J connectivity index is 1.09. The van der Waals surface area contributed by atoms with Crippen LogP contribution in [0.5, 0.6) is 5.75 Å². The van der Waals surface area contributed by atoms with Crippen molar-refractivity contribution in [2.45, 2.75) is 148 Å². The van der Waals surface area contributed by atoms with Gasteiger partial charge in [0.15, 0.2) is 0 Å². The maximum absolute atomic E-state index is 5.93. The van der Waals surface area contributed by atoms with E-state index in [0.29, 0.717) is 5.92 Å². The highest BCUT2D eigenvalue weighted by Gasteiger charge is 2.22. The van der Waals surface area contributed by atoms with Crippen LogP contribution in [0.3, 0.4) is 0 Å². The molecule has 4 rings (SSSR count). The van der Waals surface area contributed by atoms with Gasteiger partial charge in [-0.25, -0.2) is 9.97 Å². The highest BCUT2D eigenvalue weighted by molar-refractivity contribution is 5.64. The predicted molar refractivity (Wildman–Crippen MR) is 187 cm³/mol. The molecule has 1 fully saturated rings. The molecule has 1 saturated carbocycles. The van der Waals surface area contributed by atoms with Gasteiger partial charge in [0.2, 0.25) is 0 Å². The van der Waals surface area contributed by atoms with Gasteiger partial charge >= 0.3 is 0 Å². The molecule has 0 atom stereocenters. The Labute approximate surface area is 269 Å². The molecular formula is C41H60N2O. The lowest BCUT2D eigenvalue weighted by Gasteiger charge is -2.28. The van der Waals surface area contributed by atoms with E-state index >= 15 is 0 Å². The van der Waals surface area contributed by atoms with Gasteiger partial charge in [0.05, 0.1) is 6.61 Å². The smallest absolute Gasteiger partial charge is 0.128 e. The van der Waals surface area contributed by atoms with E-state index in [0.717, 1.165) is 56.2 Å². The first kappa shape index (κ1) is 34.2. The zero-order valence-electron chi connectivity index (χ0n) is 28.1. The number of ether oxygens (including phenoxy) is 1. The average molecular weight is 597 g/mol. The molecule has 1 aliphatic carbocycles. The summed E-state index contributed by atoms with van der Waals surface area (Å²) in [5.41, 5.74) is 5.28. The molecule has 1 aromatic heterocycles. The monoisotopic (exact) mass is 596 g/mol. The van der Waals surface area contributed by atoms with Crippen molar-refractivity contribution in [3.8, 4) is 16.9 Å². The second kappa shape index (κ2) is 20.4. The van der Waals surface area contributed by atoms with Crippen LogP contribution in [-0.2, 0) is 12.8 Å². The Hall–Kier alpha value is -2.68. The Bertz CT molecular complexity index is 1130. The number of rotatable bonds is 21. The van der Waals surface area contributed by atoms with Crippen molar-refractivity contribution in [1.82, 2.24) is 9.97 Å². The number of hydrogen-bond acceptors (Lipinski definition) is 3. The summed E-state index contributed by atoms with van der Waals surface area (Å²) >= 11 is 0. The van der Waals surface area contributed by atoms with E-state index in [-0.39, 0.29) is 0 Å². The van der Waals surface area contributed by atoms with Crippen LogP contribution in [0.25, 0.3) is 11.1 Å². The predicted octanol–water partition coefficient (Wildman–Crippen LogP) is 12.1. The molecule has 3 nitrogen and oxygen atoms in total. The molecule has 0 unspecified atom stereocenters. The average Bonchev–Trinajstić information content (AvgIpc) is 3.07. The van der Waals surface area contributed by atoms with Gasteiger partial charge in [-0.05, 0) is 97.6 Å². The van der Waals surface area contributed by atoms with Crippen LogP contribution in [0.1, 0.15) is 152 Å². The first-order chi connectivity index (χ1) is 21.7. The summed E-state index contributed by atoms with van der Waals surface area (Å²) in [5, 5.41) is 0. The Morgan fingerprint density at radius 3 is 1.82 bits per heavy atom. The summed E-state index contributed by atoms with van der Waals surface area (Å²) in [7, 11) is 0. The van der Waals surface area contributed by atoms with Crippen LogP contribution in [0, 0.1) is 5.92 Å². The molecule has 3 heteroatoms. The normalized spacial score (nSPS) is 16.7. The number of nitrogens with zero attached hydrogens (tertiary/aromatic N) is 2. The Kier molecular flexibility index (Phi) is 15.8. The number of benzene rings is 2. The highest BCUT2D eigenvalue weighted by atomic mass is 16.5. The van der Waals surface area contributed by atoms with Gasteiger partial charge in [0.1, 0.15) is 11.6 Å². The molecule has 1 aliphatic rings. The van der Waals surface area contributed by atoms with E-state index in [1.54, 1.807) is 0 Å². The molecule has 0 saturated heterocycles. The summed E-state index contributed by atoms with van der Waals surface area (Å²) in [6, 6.07) is 17.6. The van der Waals surface area contributed by atoms with Gasteiger partial charge in [-0.3, -0.25) is 0 Å². The summed E-state index contributed by atoms with van der Waals surface area (Å²) in [6.07, 6.45) is 30.3. The van der Waals surface area contributed by atoms with Crippen molar-refractivity contribution in [3.63, 3.8) is 0 Å². The number of unbranched alkanes of at least 4 members (excludes halogenated alkanes) is 10. The minimum Gasteiger partial charge on any atom is -0.494 e. The third-order valence-corrected chi connectivity index (χ3v) is 9.78. The number of aryl methyl sites for hydroxylation is 2. The summed E-state index contributed by atoms with van der Waals surface area (Å²) in [5.74, 6) is 3.60. The third-order valence-electron chi connectivity index (χ3n) is 9.78. The standard InChI is InChI=1S/C41H60N2O/c1-3-5-7-9-10-12-16-34-21-25-38(26-22-34)39-32-42-41(43-33-39)18-14-13-17-35-19-23-36(24-20-35)37-27-29-40(30-28-37)44-31-15-11-8-6-4-2/h19-20,23-24,27-30,32-34,38H,3-18,21-22,25-26,31H2,1-2H3. The van der Waals surface area contributed by atoms with Crippen molar-refractivity contribution >= 4 is 0 Å². The van der Waals surface area contributed by atoms with Crippen molar-refractivity contribution in [3.05, 3.63) is 77.9 Å². The van der Waals surface area contributed by atoms with Gasteiger partial charge in [0.25, 0.3) is 0 Å². The van der Waals surface area contributed by atoms with Crippen molar-refractivity contribution in [1.29, 1.82) is 0 Å². The Morgan fingerprint density at radius 2 is 1.16 bits per heavy atom. The van der Waals surface area contributed by atoms with Crippen molar-refractivity contribution < 1.29 is 4.74 Å². The fourth-order valence-corrected chi connectivity index (χ4v) is 6.82. The quantitative estimate of drug-likeness (QED) is 0.115. The van der Waals surface area contributed by atoms with Crippen molar-refractivity contribution in [2.24, 2.45) is 5.92 Å². The van der Waals surface area contributed by atoms with E-state index in [2.05, 4.69) is 74.8 Å². The molecule has 3 aromatic rings. The lowest BCUT2D eigenvalue weighted by atomic mass is 9.77. The van der Waals surface area contributed by atoms with E-state index < -0.39 is 0 Å². The van der Waals surface area contributed by atoms with Gasteiger partial charge < -0.3 is 4.74 Å². The summed E-state index contributed by atoms with van der Waals surface area (Å²) < 4.78 is 5.93. The van der Waals surface area contributed by atoms with Gasteiger partial charge in [-0.1, -0.05) is 121 Å². The fraction of sp³-hybridized carbons (Fsp3) is 0.610. The van der Waals surface area contributed by atoms with Crippen molar-refractivity contribution in [2.75, 3.05) is 6.61 Å². The second-order valence-corrected chi connectivity index (χ2v) is 13.4. The minimum atomic E-state index is 0.671. The van der Waals surface area contributed by atoms with Crippen LogP contribution < -0.4 is 4.74 Å². The van der Waals surface area contributed by atoms with Crippen LogP contribution in [0.15, 0.2) is 60.9 Å². The van der Waals surface area contributed by atoms with Crippen LogP contribution >= 0.6 is 0 Å². The third kappa shape index (κ3) is 12.4. The summed E-state index contributed by atoms with van der Waals surface area (Å²) in [6.45, 7) is 5.37. The molecule has 0 bridgehead atoms. The largest absolute Gasteiger partial charge is 0.494 e. The minimum absolute atomic E-state index is 0.671. The molecule has 1 heterocycles. The van der Waals surface area contributed by atoms with E-state index in [4.69, 9.17) is 14.7 Å². The lowest BCUT2D eigenvalue weighted by molar-refractivity contribution is 0.301. The van der Waals surface area contributed by atoms with Crippen LogP contribution in [0.4, 0.5) is 0 Å².